The van der Waals surface area contributed by atoms with Gasteiger partial charge in [0.05, 0.1) is 23.1 Å². The van der Waals surface area contributed by atoms with Gasteiger partial charge in [0, 0.05) is 17.7 Å². The molecule has 3 aromatic rings. The van der Waals surface area contributed by atoms with Gasteiger partial charge in [-0.2, -0.15) is 5.10 Å². The minimum absolute atomic E-state index is 0.119. The molecule has 0 unspecified atom stereocenters. The summed E-state index contributed by atoms with van der Waals surface area (Å²) in [6.45, 7) is 1.42. The lowest BCUT2D eigenvalue weighted by molar-refractivity contribution is -0.384. The number of nitro groups is 1. The van der Waals surface area contributed by atoms with Crippen molar-refractivity contribution >= 4 is 33.5 Å². The summed E-state index contributed by atoms with van der Waals surface area (Å²) in [4.78, 5) is 22.9. The molecule has 11 heteroatoms. The van der Waals surface area contributed by atoms with Gasteiger partial charge in [0.15, 0.2) is 0 Å². The predicted octanol–water partition coefficient (Wildman–Crippen LogP) is 3.69. The number of anilines is 1. The molecule has 0 aliphatic carbocycles. The van der Waals surface area contributed by atoms with E-state index in [0.717, 1.165) is 10.6 Å². The molecule has 1 amide bonds. The van der Waals surface area contributed by atoms with E-state index in [2.05, 4.69) is 10.5 Å². The van der Waals surface area contributed by atoms with Gasteiger partial charge in [0.25, 0.3) is 11.6 Å². The first kappa shape index (κ1) is 24.4. The molecule has 1 atom stereocenters. The van der Waals surface area contributed by atoms with E-state index in [-0.39, 0.29) is 11.4 Å². The number of nitro benzene ring substituents is 1. The van der Waals surface area contributed by atoms with Crippen LogP contribution in [0.5, 0.6) is 11.5 Å². The van der Waals surface area contributed by atoms with Crippen LogP contribution in [-0.4, -0.2) is 37.8 Å². The van der Waals surface area contributed by atoms with Crippen LogP contribution in [0.3, 0.4) is 0 Å². The Morgan fingerprint density at radius 3 is 2.32 bits per heavy atom. The normalized spacial score (nSPS) is 12.2. The van der Waals surface area contributed by atoms with Crippen LogP contribution < -0.4 is 14.5 Å². The van der Waals surface area contributed by atoms with Gasteiger partial charge in [-0.05, 0) is 43.3 Å². The number of hydrogen-bond donors (Lipinski definition) is 1. The molecule has 0 bridgehead atoms. The standard InChI is InChI=1S/C23H22N4O6S/c1-17(23(28)25-24-16-18-7-6-8-20(15-18)27(29)30)26(34(2,31)32)19-11-13-22(14-12-19)33-21-9-4-3-5-10-21/h3-17H,1-2H3,(H,25,28)/b24-16-/t17-/m0/s1. The number of hydrazone groups is 1. The number of amides is 1. The van der Waals surface area contributed by atoms with Gasteiger partial charge in [-0.3, -0.25) is 19.2 Å². The van der Waals surface area contributed by atoms with Crippen molar-refractivity contribution in [3.05, 3.63) is 94.5 Å². The lowest BCUT2D eigenvalue weighted by Crippen LogP contribution is -2.46. The minimum atomic E-state index is -3.82. The second-order valence-electron chi connectivity index (χ2n) is 7.23. The molecular formula is C23H22N4O6S. The number of hydrogen-bond acceptors (Lipinski definition) is 7. The summed E-state index contributed by atoms with van der Waals surface area (Å²) in [7, 11) is -3.82. The fraction of sp³-hybridized carbons (Fsp3) is 0.130. The summed E-state index contributed by atoms with van der Waals surface area (Å²) in [5, 5.41) is 14.7. The number of benzene rings is 3. The Kier molecular flexibility index (Phi) is 7.59. The zero-order chi connectivity index (χ0) is 24.7. The lowest BCUT2D eigenvalue weighted by atomic mass is 10.2. The van der Waals surface area contributed by atoms with Crippen molar-refractivity contribution in [1.82, 2.24) is 5.43 Å². The molecule has 0 saturated heterocycles. The van der Waals surface area contributed by atoms with Crippen LogP contribution in [-0.2, 0) is 14.8 Å². The maximum atomic E-state index is 12.6. The number of rotatable bonds is 9. The Labute approximate surface area is 196 Å². The maximum absolute atomic E-state index is 12.6. The summed E-state index contributed by atoms with van der Waals surface area (Å²) < 4.78 is 31.6. The topological polar surface area (TPSA) is 131 Å². The Morgan fingerprint density at radius 2 is 1.71 bits per heavy atom. The molecule has 0 fully saturated rings. The minimum Gasteiger partial charge on any atom is -0.457 e. The van der Waals surface area contributed by atoms with Crippen molar-refractivity contribution in [2.24, 2.45) is 5.10 Å². The maximum Gasteiger partial charge on any atom is 0.270 e. The highest BCUT2D eigenvalue weighted by Gasteiger charge is 2.29. The highest BCUT2D eigenvalue weighted by atomic mass is 32.2. The van der Waals surface area contributed by atoms with E-state index in [9.17, 15) is 23.3 Å². The molecule has 3 aromatic carbocycles. The van der Waals surface area contributed by atoms with Gasteiger partial charge in [-0.15, -0.1) is 0 Å². The summed E-state index contributed by atoms with van der Waals surface area (Å²) in [5.41, 5.74) is 2.83. The van der Waals surface area contributed by atoms with Gasteiger partial charge in [0.2, 0.25) is 10.0 Å². The van der Waals surface area contributed by atoms with E-state index in [4.69, 9.17) is 4.74 Å². The number of para-hydroxylation sites is 1. The number of ether oxygens (including phenoxy) is 1. The average Bonchev–Trinajstić information content (AvgIpc) is 2.80. The first-order valence-corrected chi connectivity index (χ1v) is 11.9. The van der Waals surface area contributed by atoms with E-state index in [1.165, 1.54) is 43.5 Å². The van der Waals surface area contributed by atoms with Crippen LogP contribution in [0.15, 0.2) is 84.0 Å². The molecule has 0 aromatic heterocycles. The quantitative estimate of drug-likeness (QED) is 0.281. The molecule has 34 heavy (non-hydrogen) atoms. The van der Waals surface area contributed by atoms with Crippen molar-refractivity contribution in [2.45, 2.75) is 13.0 Å². The van der Waals surface area contributed by atoms with Crippen molar-refractivity contribution in [3.63, 3.8) is 0 Å². The number of nitrogens with zero attached hydrogens (tertiary/aromatic N) is 3. The second-order valence-corrected chi connectivity index (χ2v) is 9.09. The van der Waals surface area contributed by atoms with Gasteiger partial charge >= 0.3 is 0 Å². The molecule has 0 spiro atoms. The first-order valence-electron chi connectivity index (χ1n) is 10.0. The number of carbonyl (C=O) groups is 1. The van der Waals surface area contributed by atoms with Crippen molar-refractivity contribution in [3.8, 4) is 11.5 Å². The van der Waals surface area contributed by atoms with E-state index in [1.54, 1.807) is 30.3 Å². The number of non-ortho nitro benzene ring substituents is 1. The molecule has 0 aliphatic rings. The van der Waals surface area contributed by atoms with Crippen LogP contribution in [0.4, 0.5) is 11.4 Å². The third kappa shape index (κ3) is 6.39. The molecule has 0 saturated carbocycles. The third-order valence-electron chi connectivity index (χ3n) is 4.63. The lowest BCUT2D eigenvalue weighted by Gasteiger charge is -2.27. The molecule has 1 N–H and O–H groups in total. The molecule has 176 valence electrons. The highest BCUT2D eigenvalue weighted by molar-refractivity contribution is 7.92. The smallest absolute Gasteiger partial charge is 0.270 e. The zero-order valence-corrected chi connectivity index (χ0v) is 19.2. The molecule has 3 rings (SSSR count). The highest BCUT2D eigenvalue weighted by Crippen LogP contribution is 2.27. The van der Waals surface area contributed by atoms with Crippen LogP contribution in [0.1, 0.15) is 12.5 Å². The molecule has 0 radical (unpaired) electrons. The summed E-state index contributed by atoms with van der Waals surface area (Å²) >= 11 is 0. The van der Waals surface area contributed by atoms with Gasteiger partial charge < -0.3 is 4.74 Å². The van der Waals surface area contributed by atoms with Crippen LogP contribution >= 0.6 is 0 Å². The molecular weight excluding hydrogens is 460 g/mol. The van der Waals surface area contributed by atoms with Gasteiger partial charge in [-0.25, -0.2) is 13.8 Å². The Morgan fingerprint density at radius 1 is 1.06 bits per heavy atom. The number of sulfonamides is 1. The van der Waals surface area contributed by atoms with E-state index >= 15 is 0 Å². The van der Waals surface area contributed by atoms with E-state index in [0.29, 0.717) is 17.1 Å². The molecule has 0 heterocycles. The van der Waals surface area contributed by atoms with Gasteiger partial charge in [-0.1, -0.05) is 30.3 Å². The van der Waals surface area contributed by atoms with E-state index in [1.807, 2.05) is 18.2 Å². The molecule has 10 nitrogen and oxygen atoms in total. The van der Waals surface area contributed by atoms with Crippen LogP contribution in [0, 0.1) is 10.1 Å². The largest absolute Gasteiger partial charge is 0.457 e. The SMILES string of the molecule is C[C@@H](C(=O)N/N=C\c1cccc([N+](=O)[O-])c1)N(c1ccc(Oc2ccccc2)cc1)S(C)(=O)=O. The number of carbonyl (C=O) groups excluding carboxylic acids is 1. The van der Waals surface area contributed by atoms with Crippen molar-refractivity contribution in [1.29, 1.82) is 0 Å². The monoisotopic (exact) mass is 482 g/mol. The predicted molar refractivity (Wildman–Crippen MR) is 129 cm³/mol. The fourth-order valence-corrected chi connectivity index (χ4v) is 4.25. The average molecular weight is 483 g/mol. The number of nitrogens with one attached hydrogen (secondary N) is 1. The Hall–Kier alpha value is -4.25. The second kappa shape index (κ2) is 10.6. The van der Waals surface area contributed by atoms with Crippen LogP contribution in [0.25, 0.3) is 0 Å². The summed E-state index contributed by atoms with van der Waals surface area (Å²) in [6, 6.07) is 19.9. The Balaban J connectivity index is 1.72. The fourth-order valence-electron chi connectivity index (χ4n) is 3.08. The first-order chi connectivity index (χ1) is 16.1. The van der Waals surface area contributed by atoms with Crippen molar-refractivity contribution in [2.75, 3.05) is 10.6 Å². The van der Waals surface area contributed by atoms with Crippen LogP contribution in [0.2, 0.25) is 0 Å². The van der Waals surface area contributed by atoms with Gasteiger partial charge in [0.1, 0.15) is 17.5 Å². The molecule has 0 aliphatic heterocycles. The third-order valence-corrected chi connectivity index (χ3v) is 5.87. The van der Waals surface area contributed by atoms with Crippen molar-refractivity contribution < 1.29 is 22.9 Å². The summed E-state index contributed by atoms with van der Waals surface area (Å²) in [5.74, 6) is 0.448. The Bertz CT molecular complexity index is 1290. The van der Waals surface area contributed by atoms with E-state index < -0.39 is 26.9 Å². The zero-order valence-electron chi connectivity index (χ0n) is 18.4. The summed E-state index contributed by atoms with van der Waals surface area (Å²) in [6.07, 6.45) is 2.23.